The van der Waals surface area contributed by atoms with Gasteiger partial charge >= 0.3 is 0 Å². The van der Waals surface area contributed by atoms with Crippen molar-refractivity contribution >= 4 is 12.3 Å². The maximum atomic E-state index is 12.2. The maximum absolute atomic E-state index is 12.2. The fraction of sp³-hybridized carbons (Fsp3) is 0.833. The molecule has 0 aliphatic carbocycles. The zero-order valence-corrected chi connectivity index (χ0v) is 10.5. The van der Waals surface area contributed by atoms with Crippen molar-refractivity contribution in [2.45, 2.75) is 39.0 Å². The van der Waals surface area contributed by atoms with Crippen molar-refractivity contribution in [2.24, 2.45) is 5.92 Å². The first-order chi connectivity index (χ1) is 8.19. The van der Waals surface area contributed by atoms with Crippen molar-refractivity contribution < 1.29 is 14.8 Å². The maximum Gasteiger partial charge on any atom is 0.233 e. The Kier molecular flexibility index (Phi) is 5.97. The van der Waals surface area contributed by atoms with Crippen LogP contribution in [0.4, 0.5) is 0 Å². The lowest BCUT2D eigenvalue weighted by molar-refractivity contribution is -0.156. The summed E-state index contributed by atoms with van der Waals surface area (Å²) in [6.07, 6.45) is 5.16. The number of unbranched alkanes of at least 4 members (excludes halogenated alkanes) is 1. The van der Waals surface area contributed by atoms with Crippen LogP contribution in [0.5, 0.6) is 0 Å². The van der Waals surface area contributed by atoms with Gasteiger partial charge in [0.25, 0.3) is 0 Å². The highest BCUT2D eigenvalue weighted by Gasteiger charge is 2.27. The standard InChI is InChI=1S/C12H22N2O3/c1-2-3-6-11(9-14(17)10-15)12(16)13-7-4-5-8-13/h10-11,17H,2-9H2,1H3/t11-/m1/s1. The molecule has 1 aliphatic rings. The number of hydrogen-bond donors (Lipinski definition) is 1. The van der Waals surface area contributed by atoms with E-state index in [0.717, 1.165) is 45.2 Å². The molecule has 1 heterocycles. The summed E-state index contributed by atoms with van der Waals surface area (Å²) in [7, 11) is 0. The number of hydroxylamine groups is 2. The van der Waals surface area contributed by atoms with Gasteiger partial charge in [-0.2, -0.15) is 0 Å². The second kappa shape index (κ2) is 7.27. The summed E-state index contributed by atoms with van der Waals surface area (Å²) in [6, 6.07) is 0. The highest BCUT2D eigenvalue weighted by Crippen LogP contribution is 2.17. The Morgan fingerprint density at radius 3 is 2.65 bits per heavy atom. The van der Waals surface area contributed by atoms with Crippen LogP contribution in [0.1, 0.15) is 39.0 Å². The third kappa shape index (κ3) is 4.34. The predicted molar refractivity (Wildman–Crippen MR) is 63.4 cm³/mol. The van der Waals surface area contributed by atoms with Crippen molar-refractivity contribution in [1.82, 2.24) is 9.96 Å². The molecule has 0 aromatic rings. The number of nitrogens with zero attached hydrogens (tertiary/aromatic N) is 2. The van der Waals surface area contributed by atoms with E-state index in [9.17, 15) is 14.8 Å². The molecule has 5 heteroatoms. The number of rotatable bonds is 7. The van der Waals surface area contributed by atoms with Crippen LogP contribution in [-0.2, 0) is 9.59 Å². The van der Waals surface area contributed by atoms with Gasteiger partial charge in [-0.3, -0.25) is 14.8 Å². The highest BCUT2D eigenvalue weighted by atomic mass is 16.5. The molecule has 0 aromatic carbocycles. The molecule has 0 spiro atoms. The highest BCUT2D eigenvalue weighted by molar-refractivity contribution is 5.79. The SMILES string of the molecule is CCCC[C@H](CN(O)C=O)C(=O)N1CCCC1. The average molecular weight is 242 g/mol. The van der Waals surface area contributed by atoms with Crippen molar-refractivity contribution in [3.05, 3.63) is 0 Å². The van der Waals surface area contributed by atoms with Crippen LogP contribution in [0, 0.1) is 5.92 Å². The summed E-state index contributed by atoms with van der Waals surface area (Å²) >= 11 is 0. The lowest BCUT2D eigenvalue weighted by Crippen LogP contribution is -2.39. The number of likely N-dealkylation sites (tertiary alicyclic amines) is 1. The first-order valence-corrected chi connectivity index (χ1v) is 6.38. The molecule has 0 saturated carbocycles. The van der Waals surface area contributed by atoms with E-state index in [2.05, 4.69) is 6.92 Å². The van der Waals surface area contributed by atoms with Crippen LogP contribution < -0.4 is 0 Å². The Labute approximate surface area is 102 Å². The van der Waals surface area contributed by atoms with E-state index in [1.54, 1.807) is 0 Å². The largest absolute Gasteiger partial charge is 0.342 e. The minimum absolute atomic E-state index is 0.0804. The zero-order chi connectivity index (χ0) is 12.7. The second-order valence-corrected chi connectivity index (χ2v) is 4.60. The molecular formula is C12H22N2O3. The van der Waals surface area contributed by atoms with Gasteiger partial charge in [-0.1, -0.05) is 19.8 Å². The fourth-order valence-corrected chi connectivity index (χ4v) is 2.21. The van der Waals surface area contributed by atoms with E-state index in [1.807, 2.05) is 4.90 Å². The quantitative estimate of drug-likeness (QED) is 0.415. The summed E-state index contributed by atoms with van der Waals surface area (Å²) in [6.45, 7) is 3.80. The summed E-state index contributed by atoms with van der Waals surface area (Å²) in [5, 5.41) is 9.79. The molecule has 98 valence electrons. The predicted octanol–water partition coefficient (Wildman–Crippen LogP) is 1.26. The monoisotopic (exact) mass is 242 g/mol. The summed E-state index contributed by atoms with van der Waals surface area (Å²) < 4.78 is 0. The Morgan fingerprint density at radius 2 is 2.12 bits per heavy atom. The topological polar surface area (TPSA) is 60.9 Å². The minimum atomic E-state index is -0.261. The van der Waals surface area contributed by atoms with E-state index in [1.165, 1.54) is 0 Å². The third-order valence-corrected chi connectivity index (χ3v) is 3.20. The van der Waals surface area contributed by atoms with E-state index < -0.39 is 0 Å². The molecule has 1 aliphatic heterocycles. The van der Waals surface area contributed by atoms with Gasteiger partial charge in [0.15, 0.2) is 0 Å². The van der Waals surface area contributed by atoms with Crippen LogP contribution >= 0.6 is 0 Å². The van der Waals surface area contributed by atoms with Crippen LogP contribution in [0.3, 0.4) is 0 Å². The molecule has 2 amide bonds. The fourth-order valence-electron chi connectivity index (χ4n) is 2.21. The van der Waals surface area contributed by atoms with Crippen molar-refractivity contribution in [3.8, 4) is 0 Å². The molecule has 0 radical (unpaired) electrons. The van der Waals surface area contributed by atoms with Gasteiger partial charge in [-0.05, 0) is 19.3 Å². The van der Waals surface area contributed by atoms with Crippen LogP contribution in [0.2, 0.25) is 0 Å². The molecule has 0 unspecified atom stereocenters. The zero-order valence-electron chi connectivity index (χ0n) is 10.5. The summed E-state index contributed by atoms with van der Waals surface area (Å²) in [5.41, 5.74) is 0. The van der Waals surface area contributed by atoms with Gasteiger partial charge in [0.05, 0.1) is 12.5 Å². The van der Waals surface area contributed by atoms with E-state index in [-0.39, 0.29) is 18.4 Å². The molecule has 1 atom stereocenters. The van der Waals surface area contributed by atoms with Crippen LogP contribution in [-0.4, -0.2) is 47.1 Å². The van der Waals surface area contributed by atoms with Gasteiger partial charge in [0, 0.05) is 13.1 Å². The minimum Gasteiger partial charge on any atom is -0.342 e. The van der Waals surface area contributed by atoms with Crippen molar-refractivity contribution in [1.29, 1.82) is 0 Å². The molecule has 1 rings (SSSR count). The van der Waals surface area contributed by atoms with Gasteiger partial charge in [-0.25, -0.2) is 5.06 Å². The summed E-state index contributed by atoms with van der Waals surface area (Å²) in [4.78, 5) is 24.4. The van der Waals surface area contributed by atoms with E-state index >= 15 is 0 Å². The second-order valence-electron chi connectivity index (χ2n) is 4.60. The lowest BCUT2D eigenvalue weighted by atomic mass is 10.0. The normalized spacial score (nSPS) is 16.9. The number of carbonyl (C=O) groups is 2. The van der Waals surface area contributed by atoms with Gasteiger partial charge < -0.3 is 4.90 Å². The Hall–Kier alpha value is -1.10. The number of hydrogen-bond acceptors (Lipinski definition) is 3. The molecule has 1 fully saturated rings. The number of amides is 2. The van der Waals surface area contributed by atoms with Gasteiger partial charge in [0.2, 0.25) is 12.3 Å². The first kappa shape index (κ1) is 14.0. The average Bonchev–Trinajstić information content (AvgIpc) is 2.86. The Bertz CT molecular complexity index is 252. The molecule has 5 nitrogen and oxygen atoms in total. The van der Waals surface area contributed by atoms with Crippen LogP contribution in [0.15, 0.2) is 0 Å². The Morgan fingerprint density at radius 1 is 1.47 bits per heavy atom. The van der Waals surface area contributed by atoms with E-state index in [4.69, 9.17) is 0 Å². The van der Waals surface area contributed by atoms with E-state index in [0.29, 0.717) is 11.5 Å². The Balaban J connectivity index is 2.53. The molecule has 0 bridgehead atoms. The molecule has 17 heavy (non-hydrogen) atoms. The molecule has 0 aromatic heterocycles. The smallest absolute Gasteiger partial charge is 0.233 e. The number of carbonyl (C=O) groups excluding carboxylic acids is 2. The molecule has 1 saturated heterocycles. The van der Waals surface area contributed by atoms with Crippen molar-refractivity contribution in [3.63, 3.8) is 0 Å². The lowest BCUT2D eigenvalue weighted by Gasteiger charge is -2.24. The third-order valence-electron chi connectivity index (χ3n) is 3.20. The first-order valence-electron chi connectivity index (χ1n) is 6.38. The van der Waals surface area contributed by atoms with Gasteiger partial charge in [-0.15, -0.1) is 0 Å². The van der Waals surface area contributed by atoms with Crippen LogP contribution in [0.25, 0.3) is 0 Å². The van der Waals surface area contributed by atoms with Gasteiger partial charge in [0.1, 0.15) is 0 Å². The molecular weight excluding hydrogens is 220 g/mol. The summed E-state index contributed by atoms with van der Waals surface area (Å²) in [5.74, 6) is -0.180. The molecule has 1 N–H and O–H groups in total. The van der Waals surface area contributed by atoms with Crippen molar-refractivity contribution in [2.75, 3.05) is 19.6 Å².